The van der Waals surface area contributed by atoms with Crippen LogP contribution in [0.3, 0.4) is 0 Å². The van der Waals surface area contributed by atoms with Crippen LogP contribution < -0.4 is 4.74 Å². The summed E-state index contributed by atoms with van der Waals surface area (Å²) in [6.07, 6.45) is 0. The van der Waals surface area contributed by atoms with Crippen molar-refractivity contribution in [3.8, 4) is 5.75 Å². The van der Waals surface area contributed by atoms with Gasteiger partial charge in [-0.2, -0.15) is 0 Å². The van der Waals surface area contributed by atoms with E-state index in [-0.39, 0.29) is 5.78 Å². The molecule has 0 aromatic heterocycles. The first-order valence-corrected chi connectivity index (χ1v) is 5.93. The Bertz CT molecular complexity index is 383. The standard InChI is InChI=1S/C14H20O3/c1-5-16-12-9-7-8-11(10-12)13(15)14(3,4)17-6-2/h7-10H,5-6H2,1-4H3. The van der Waals surface area contributed by atoms with E-state index in [0.29, 0.717) is 24.5 Å². The Morgan fingerprint density at radius 2 is 1.94 bits per heavy atom. The number of Topliss-reactive ketones (excluding diaryl/α,β-unsaturated/α-hetero) is 1. The molecule has 0 saturated carbocycles. The van der Waals surface area contributed by atoms with E-state index in [4.69, 9.17) is 9.47 Å². The highest BCUT2D eigenvalue weighted by Gasteiger charge is 2.29. The van der Waals surface area contributed by atoms with Crippen LogP contribution >= 0.6 is 0 Å². The Morgan fingerprint density at radius 1 is 1.24 bits per heavy atom. The summed E-state index contributed by atoms with van der Waals surface area (Å²) in [5.41, 5.74) is -0.172. The molecular formula is C14H20O3. The number of ketones is 1. The molecule has 0 bridgehead atoms. The molecule has 0 aliphatic rings. The summed E-state index contributed by atoms with van der Waals surface area (Å²) in [5, 5.41) is 0. The second kappa shape index (κ2) is 5.82. The number of carbonyl (C=O) groups excluding carboxylic acids is 1. The van der Waals surface area contributed by atoms with E-state index in [2.05, 4.69) is 0 Å². The maximum Gasteiger partial charge on any atom is 0.194 e. The quantitative estimate of drug-likeness (QED) is 0.712. The molecule has 0 atom stereocenters. The van der Waals surface area contributed by atoms with Crippen LogP contribution in [0.4, 0.5) is 0 Å². The van der Waals surface area contributed by atoms with Crippen LogP contribution in [0, 0.1) is 0 Å². The van der Waals surface area contributed by atoms with Gasteiger partial charge < -0.3 is 9.47 Å². The topological polar surface area (TPSA) is 35.5 Å². The van der Waals surface area contributed by atoms with Gasteiger partial charge in [0.1, 0.15) is 11.4 Å². The molecule has 0 spiro atoms. The molecule has 0 unspecified atom stereocenters. The molecule has 1 aromatic rings. The lowest BCUT2D eigenvalue weighted by Gasteiger charge is -2.23. The van der Waals surface area contributed by atoms with Crippen molar-refractivity contribution < 1.29 is 14.3 Å². The van der Waals surface area contributed by atoms with E-state index < -0.39 is 5.60 Å². The third kappa shape index (κ3) is 3.56. The normalized spacial score (nSPS) is 11.3. The fraction of sp³-hybridized carbons (Fsp3) is 0.500. The first-order valence-electron chi connectivity index (χ1n) is 5.93. The lowest BCUT2D eigenvalue weighted by atomic mass is 9.96. The molecule has 1 aromatic carbocycles. The Kier molecular flexibility index (Phi) is 4.70. The third-order valence-corrected chi connectivity index (χ3v) is 2.46. The van der Waals surface area contributed by atoms with Crippen molar-refractivity contribution in [1.82, 2.24) is 0 Å². The van der Waals surface area contributed by atoms with E-state index in [1.54, 1.807) is 26.0 Å². The fourth-order valence-electron chi connectivity index (χ4n) is 1.67. The summed E-state index contributed by atoms with van der Waals surface area (Å²) in [5.74, 6) is 0.687. The SMILES string of the molecule is CCOc1cccc(C(=O)C(C)(C)OCC)c1. The molecule has 3 nitrogen and oxygen atoms in total. The second-order valence-corrected chi connectivity index (χ2v) is 4.23. The minimum absolute atomic E-state index is 0.0269. The summed E-state index contributed by atoms with van der Waals surface area (Å²) in [6, 6.07) is 7.20. The Hall–Kier alpha value is -1.35. The zero-order valence-electron chi connectivity index (χ0n) is 10.9. The van der Waals surface area contributed by atoms with Gasteiger partial charge in [-0.25, -0.2) is 0 Å². The van der Waals surface area contributed by atoms with Gasteiger partial charge in [0.25, 0.3) is 0 Å². The monoisotopic (exact) mass is 236 g/mol. The summed E-state index contributed by atoms with van der Waals surface area (Å²) >= 11 is 0. The number of carbonyl (C=O) groups is 1. The van der Waals surface area contributed by atoms with Gasteiger partial charge in [0.05, 0.1) is 6.61 Å². The van der Waals surface area contributed by atoms with E-state index in [9.17, 15) is 4.79 Å². The lowest BCUT2D eigenvalue weighted by Crippen LogP contribution is -2.35. The summed E-state index contributed by atoms with van der Waals surface area (Å²) in [6.45, 7) is 8.47. The highest BCUT2D eigenvalue weighted by atomic mass is 16.5. The second-order valence-electron chi connectivity index (χ2n) is 4.23. The smallest absolute Gasteiger partial charge is 0.194 e. The van der Waals surface area contributed by atoms with Crippen LogP contribution in [-0.2, 0) is 4.74 Å². The Balaban J connectivity index is 2.92. The number of benzene rings is 1. The highest BCUT2D eigenvalue weighted by molar-refractivity contribution is 6.02. The van der Waals surface area contributed by atoms with E-state index in [1.165, 1.54) is 0 Å². The molecule has 0 aliphatic heterocycles. The van der Waals surface area contributed by atoms with Crippen molar-refractivity contribution in [1.29, 1.82) is 0 Å². The zero-order chi connectivity index (χ0) is 12.9. The fourth-order valence-corrected chi connectivity index (χ4v) is 1.67. The van der Waals surface area contributed by atoms with Crippen LogP contribution in [0.2, 0.25) is 0 Å². The minimum Gasteiger partial charge on any atom is -0.494 e. The van der Waals surface area contributed by atoms with Crippen molar-refractivity contribution >= 4 is 5.78 Å². The molecule has 3 heteroatoms. The van der Waals surface area contributed by atoms with Crippen molar-refractivity contribution in [3.63, 3.8) is 0 Å². The van der Waals surface area contributed by atoms with Crippen molar-refractivity contribution in [3.05, 3.63) is 29.8 Å². The van der Waals surface area contributed by atoms with Gasteiger partial charge in [0, 0.05) is 12.2 Å². The Morgan fingerprint density at radius 3 is 2.53 bits per heavy atom. The van der Waals surface area contributed by atoms with Gasteiger partial charge in [0.2, 0.25) is 0 Å². The van der Waals surface area contributed by atoms with E-state index in [1.807, 2.05) is 26.0 Å². The minimum atomic E-state index is -0.792. The molecule has 0 fully saturated rings. The predicted octanol–water partition coefficient (Wildman–Crippen LogP) is 3.08. The molecule has 0 amide bonds. The molecule has 17 heavy (non-hydrogen) atoms. The Labute approximate surface area is 103 Å². The van der Waals surface area contributed by atoms with Crippen molar-refractivity contribution in [2.45, 2.75) is 33.3 Å². The van der Waals surface area contributed by atoms with Crippen molar-refractivity contribution in [2.24, 2.45) is 0 Å². The van der Waals surface area contributed by atoms with Gasteiger partial charge in [-0.15, -0.1) is 0 Å². The van der Waals surface area contributed by atoms with E-state index >= 15 is 0 Å². The maximum atomic E-state index is 12.2. The molecule has 0 N–H and O–H groups in total. The number of rotatable bonds is 6. The summed E-state index contributed by atoms with van der Waals surface area (Å²) < 4.78 is 10.8. The maximum absolute atomic E-state index is 12.2. The van der Waals surface area contributed by atoms with Crippen LogP contribution in [0.5, 0.6) is 5.75 Å². The molecule has 0 saturated heterocycles. The van der Waals surface area contributed by atoms with Crippen molar-refractivity contribution in [2.75, 3.05) is 13.2 Å². The van der Waals surface area contributed by atoms with Gasteiger partial charge in [0.15, 0.2) is 5.78 Å². The average molecular weight is 236 g/mol. The van der Waals surface area contributed by atoms with Crippen LogP contribution in [0.15, 0.2) is 24.3 Å². The lowest BCUT2D eigenvalue weighted by molar-refractivity contribution is 0.00124. The molecule has 94 valence electrons. The van der Waals surface area contributed by atoms with E-state index in [0.717, 1.165) is 0 Å². The third-order valence-electron chi connectivity index (χ3n) is 2.46. The molecule has 0 radical (unpaired) electrons. The largest absolute Gasteiger partial charge is 0.494 e. The van der Waals surface area contributed by atoms with Gasteiger partial charge in [-0.1, -0.05) is 12.1 Å². The van der Waals surface area contributed by atoms with Crippen LogP contribution in [0.25, 0.3) is 0 Å². The highest BCUT2D eigenvalue weighted by Crippen LogP contribution is 2.20. The number of ether oxygens (including phenoxy) is 2. The number of hydrogen-bond donors (Lipinski definition) is 0. The van der Waals surface area contributed by atoms with Crippen LogP contribution in [0.1, 0.15) is 38.1 Å². The average Bonchev–Trinajstić information content (AvgIpc) is 2.29. The summed E-state index contributed by atoms with van der Waals surface area (Å²) in [4.78, 5) is 12.2. The van der Waals surface area contributed by atoms with Gasteiger partial charge in [-0.3, -0.25) is 4.79 Å². The molecule has 0 heterocycles. The molecule has 1 rings (SSSR count). The zero-order valence-corrected chi connectivity index (χ0v) is 10.9. The molecule has 0 aliphatic carbocycles. The predicted molar refractivity (Wildman–Crippen MR) is 67.6 cm³/mol. The van der Waals surface area contributed by atoms with Gasteiger partial charge in [-0.05, 0) is 39.8 Å². The first-order chi connectivity index (χ1) is 8.01. The van der Waals surface area contributed by atoms with Crippen LogP contribution in [-0.4, -0.2) is 24.6 Å². The summed E-state index contributed by atoms with van der Waals surface area (Å²) in [7, 11) is 0. The molecular weight excluding hydrogens is 216 g/mol. The first kappa shape index (κ1) is 13.7. The number of hydrogen-bond acceptors (Lipinski definition) is 3. The van der Waals surface area contributed by atoms with Gasteiger partial charge >= 0.3 is 0 Å².